The normalized spacial score (nSPS) is 15.5. The molecule has 4 atom stereocenters. The summed E-state index contributed by atoms with van der Waals surface area (Å²) >= 11 is 3.84. The van der Waals surface area contributed by atoms with Crippen LogP contribution in [0.25, 0.3) is 0 Å². The molecule has 3 amide bonds. The van der Waals surface area contributed by atoms with Gasteiger partial charge in [0.2, 0.25) is 17.7 Å². The fourth-order valence-electron chi connectivity index (χ4n) is 2.00. The molecular weight excluding hydrogens is 360 g/mol. The first kappa shape index (κ1) is 24.2. The van der Waals surface area contributed by atoms with Crippen molar-refractivity contribution >= 4 is 36.3 Å². The number of carbonyl (C=O) groups excluding carboxylic acids is 3. The van der Waals surface area contributed by atoms with Gasteiger partial charge in [0.1, 0.15) is 12.1 Å². The molecule has 0 aliphatic heterocycles. The Bertz CT molecular complexity index is 515. The highest BCUT2D eigenvalue weighted by Crippen LogP contribution is 2.08. The predicted molar refractivity (Wildman–Crippen MR) is 101 cm³/mol. The molecule has 0 saturated heterocycles. The molecule has 0 aromatic rings. The van der Waals surface area contributed by atoms with Gasteiger partial charge in [-0.2, -0.15) is 12.6 Å². The zero-order valence-corrected chi connectivity index (χ0v) is 16.5. The summed E-state index contributed by atoms with van der Waals surface area (Å²) in [6.07, 6.45) is 0.725. The second-order valence-electron chi connectivity index (χ2n) is 6.50. The molecule has 9 nitrogen and oxygen atoms in total. The van der Waals surface area contributed by atoms with Gasteiger partial charge in [-0.3, -0.25) is 14.4 Å². The highest BCUT2D eigenvalue weighted by Gasteiger charge is 2.28. The molecule has 0 radical (unpaired) electrons. The molecule has 0 spiro atoms. The minimum Gasteiger partial charge on any atom is -0.480 e. The maximum absolute atomic E-state index is 12.3. The second kappa shape index (κ2) is 11.7. The Morgan fingerprint density at radius 1 is 1.08 bits per heavy atom. The van der Waals surface area contributed by atoms with Gasteiger partial charge >= 0.3 is 5.97 Å². The highest BCUT2D eigenvalue weighted by atomic mass is 32.1. The fourth-order valence-corrected chi connectivity index (χ4v) is 2.25. The molecule has 0 aromatic heterocycles. The lowest BCUT2D eigenvalue weighted by molar-refractivity contribution is -0.141. The molecule has 0 aromatic carbocycles. The van der Waals surface area contributed by atoms with Crippen LogP contribution in [0.2, 0.25) is 0 Å². The predicted octanol–water partition coefficient (Wildman–Crippen LogP) is -0.884. The summed E-state index contributed by atoms with van der Waals surface area (Å²) in [6, 6.07) is -2.73. The van der Waals surface area contributed by atoms with Gasteiger partial charge in [-0.15, -0.1) is 0 Å². The number of amides is 3. The lowest BCUT2D eigenvalue weighted by atomic mass is 9.97. The van der Waals surface area contributed by atoms with Crippen LogP contribution in [0.15, 0.2) is 0 Å². The van der Waals surface area contributed by atoms with Crippen LogP contribution >= 0.6 is 12.6 Å². The van der Waals surface area contributed by atoms with Crippen LogP contribution in [0, 0.1) is 11.8 Å². The van der Waals surface area contributed by atoms with E-state index in [1.54, 1.807) is 13.8 Å². The van der Waals surface area contributed by atoms with E-state index < -0.39 is 48.4 Å². The molecule has 0 fully saturated rings. The van der Waals surface area contributed by atoms with E-state index in [-0.39, 0.29) is 17.6 Å². The van der Waals surface area contributed by atoms with Crippen molar-refractivity contribution in [3.8, 4) is 0 Å². The van der Waals surface area contributed by atoms with E-state index >= 15 is 0 Å². The Kier molecular flexibility index (Phi) is 10.9. The summed E-state index contributed by atoms with van der Waals surface area (Å²) in [7, 11) is 0. The quantitative estimate of drug-likeness (QED) is 0.252. The molecule has 4 unspecified atom stereocenters. The van der Waals surface area contributed by atoms with E-state index in [4.69, 9.17) is 10.8 Å². The van der Waals surface area contributed by atoms with Crippen LogP contribution in [-0.4, -0.2) is 59.2 Å². The zero-order valence-electron chi connectivity index (χ0n) is 15.6. The fraction of sp³-hybridized carbons (Fsp3) is 0.750. The van der Waals surface area contributed by atoms with Gasteiger partial charge in [-0.25, -0.2) is 4.79 Å². The Hall–Kier alpha value is -1.81. The van der Waals surface area contributed by atoms with Crippen molar-refractivity contribution in [1.82, 2.24) is 16.0 Å². The summed E-state index contributed by atoms with van der Waals surface area (Å²) in [5.74, 6) is -3.19. The van der Waals surface area contributed by atoms with Gasteiger partial charge in [0.25, 0.3) is 0 Å². The average molecular weight is 391 g/mol. The third-order valence-corrected chi connectivity index (χ3v) is 4.41. The monoisotopic (exact) mass is 390 g/mol. The first-order valence-corrected chi connectivity index (χ1v) is 9.14. The zero-order chi connectivity index (χ0) is 20.4. The summed E-state index contributed by atoms with van der Waals surface area (Å²) in [6.45, 7) is 6.85. The Morgan fingerprint density at radius 2 is 1.65 bits per heavy atom. The van der Waals surface area contributed by atoms with Crippen LogP contribution < -0.4 is 21.7 Å². The number of hydrogen-bond acceptors (Lipinski definition) is 6. The molecule has 0 aliphatic carbocycles. The maximum Gasteiger partial charge on any atom is 0.327 e. The smallest absolute Gasteiger partial charge is 0.327 e. The number of rotatable bonds is 11. The Balaban J connectivity index is 4.72. The van der Waals surface area contributed by atoms with Gasteiger partial charge in [-0.1, -0.05) is 34.1 Å². The third-order valence-electron chi connectivity index (χ3n) is 4.05. The summed E-state index contributed by atoms with van der Waals surface area (Å²) < 4.78 is 0. The number of nitrogens with two attached hydrogens (primary N) is 1. The van der Waals surface area contributed by atoms with E-state index in [2.05, 4.69) is 28.6 Å². The van der Waals surface area contributed by atoms with Crippen LogP contribution in [0.1, 0.15) is 34.1 Å². The van der Waals surface area contributed by atoms with Gasteiger partial charge < -0.3 is 26.8 Å². The van der Waals surface area contributed by atoms with Gasteiger partial charge in [0.15, 0.2) is 0 Å². The molecule has 0 saturated carbocycles. The van der Waals surface area contributed by atoms with Crippen molar-refractivity contribution in [2.75, 3.05) is 12.3 Å². The van der Waals surface area contributed by atoms with Gasteiger partial charge in [0, 0.05) is 5.75 Å². The number of aliphatic carboxylic acids is 1. The van der Waals surface area contributed by atoms with Crippen molar-refractivity contribution in [2.24, 2.45) is 17.6 Å². The first-order valence-electron chi connectivity index (χ1n) is 8.51. The average Bonchev–Trinajstić information content (AvgIpc) is 2.59. The SMILES string of the molecule is CCC(C)C(N)C(=O)NC(C(=O)NCC(=O)NC(CS)C(=O)O)C(C)C. The molecule has 6 N–H and O–H groups in total. The van der Waals surface area contributed by atoms with E-state index in [0.29, 0.717) is 0 Å². The summed E-state index contributed by atoms with van der Waals surface area (Å²) in [5.41, 5.74) is 5.87. The maximum atomic E-state index is 12.3. The number of nitrogens with one attached hydrogen (secondary N) is 3. The number of carbonyl (C=O) groups is 4. The first-order chi connectivity index (χ1) is 12.0. The molecule has 150 valence electrons. The molecule has 0 rings (SSSR count). The minimum absolute atomic E-state index is 0.0363. The van der Waals surface area contributed by atoms with E-state index in [1.165, 1.54) is 0 Å². The largest absolute Gasteiger partial charge is 0.480 e. The number of carboxylic acid groups (broad SMARTS) is 1. The summed E-state index contributed by atoms with van der Waals surface area (Å²) in [4.78, 5) is 47.1. The Labute approximate surface area is 159 Å². The van der Waals surface area contributed by atoms with E-state index in [1.807, 2.05) is 13.8 Å². The third kappa shape index (κ3) is 8.05. The van der Waals surface area contributed by atoms with Gasteiger partial charge in [0.05, 0.1) is 12.6 Å². The van der Waals surface area contributed by atoms with Crippen molar-refractivity contribution < 1.29 is 24.3 Å². The van der Waals surface area contributed by atoms with Crippen molar-refractivity contribution in [2.45, 2.75) is 52.2 Å². The molecular formula is C16H30N4O5S. The minimum atomic E-state index is -1.22. The summed E-state index contributed by atoms with van der Waals surface area (Å²) in [5, 5.41) is 16.1. The molecule has 0 heterocycles. The van der Waals surface area contributed by atoms with Crippen molar-refractivity contribution in [3.05, 3.63) is 0 Å². The second-order valence-corrected chi connectivity index (χ2v) is 6.87. The lowest BCUT2D eigenvalue weighted by Gasteiger charge is -2.25. The molecule has 0 aliphatic rings. The number of thiol groups is 1. The topological polar surface area (TPSA) is 151 Å². The van der Waals surface area contributed by atoms with Crippen molar-refractivity contribution in [3.63, 3.8) is 0 Å². The van der Waals surface area contributed by atoms with Crippen LogP contribution in [0.5, 0.6) is 0 Å². The van der Waals surface area contributed by atoms with Crippen molar-refractivity contribution in [1.29, 1.82) is 0 Å². The highest BCUT2D eigenvalue weighted by molar-refractivity contribution is 7.80. The van der Waals surface area contributed by atoms with Crippen LogP contribution in [0.3, 0.4) is 0 Å². The van der Waals surface area contributed by atoms with Crippen LogP contribution in [-0.2, 0) is 19.2 Å². The molecule has 26 heavy (non-hydrogen) atoms. The molecule has 10 heteroatoms. The standard InChI is InChI=1S/C16H30N4O5S/c1-5-9(4)12(17)14(22)20-13(8(2)3)15(23)18-6-11(21)19-10(7-26)16(24)25/h8-10,12-13,26H,5-7,17H2,1-4H3,(H,18,23)(H,19,21)(H,20,22)(H,24,25). The van der Waals surface area contributed by atoms with Gasteiger partial charge in [-0.05, 0) is 11.8 Å². The van der Waals surface area contributed by atoms with E-state index in [0.717, 1.165) is 6.42 Å². The molecule has 0 bridgehead atoms. The van der Waals surface area contributed by atoms with Crippen LogP contribution in [0.4, 0.5) is 0 Å². The number of carboxylic acids is 1. The van der Waals surface area contributed by atoms with E-state index in [9.17, 15) is 19.2 Å². The number of hydrogen-bond donors (Lipinski definition) is 6. The Morgan fingerprint density at radius 3 is 2.08 bits per heavy atom. The lowest BCUT2D eigenvalue weighted by Crippen LogP contribution is -2.56.